The molecule has 0 atom stereocenters. The van der Waals surface area contributed by atoms with E-state index in [1.54, 1.807) is 0 Å². The highest BCUT2D eigenvalue weighted by Crippen LogP contribution is 2.23. The molecule has 0 bridgehead atoms. The first-order chi connectivity index (χ1) is 9.95. The molecule has 1 heterocycles. The summed E-state index contributed by atoms with van der Waals surface area (Å²) in [6, 6.07) is 8.36. The van der Waals surface area contributed by atoms with Crippen LogP contribution in [0, 0.1) is 12.8 Å². The maximum Gasteiger partial charge on any atom is 0.136 e. The fourth-order valence-corrected chi connectivity index (χ4v) is 2.45. The fourth-order valence-electron chi connectivity index (χ4n) is 2.25. The molecule has 0 aliphatic carbocycles. The topological polar surface area (TPSA) is 24.9 Å². The number of aromatic nitrogens is 1. The van der Waals surface area contributed by atoms with Gasteiger partial charge in [-0.25, -0.2) is 4.98 Å². The van der Waals surface area contributed by atoms with E-state index in [-0.39, 0.29) is 0 Å². The lowest BCUT2D eigenvalue weighted by molar-refractivity contribution is 0.572. The smallest absolute Gasteiger partial charge is 0.136 e. The first-order valence-electron chi connectivity index (χ1n) is 7.40. The minimum atomic E-state index is 0.566. The van der Waals surface area contributed by atoms with Crippen molar-refractivity contribution >= 4 is 28.6 Å². The molecular formula is C18H23ClN2. The Morgan fingerprint density at radius 3 is 2.81 bits per heavy atom. The van der Waals surface area contributed by atoms with Crippen LogP contribution in [-0.2, 0) is 0 Å². The molecular weight excluding hydrogens is 280 g/mol. The summed E-state index contributed by atoms with van der Waals surface area (Å²) in [4.78, 5) is 4.50. The molecule has 0 radical (unpaired) electrons. The molecule has 21 heavy (non-hydrogen) atoms. The molecule has 1 aromatic carbocycles. The Labute approximate surface area is 132 Å². The van der Waals surface area contributed by atoms with E-state index >= 15 is 0 Å². The second-order valence-electron chi connectivity index (χ2n) is 6.08. The lowest BCUT2D eigenvalue weighted by Gasteiger charge is -2.08. The highest BCUT2D eigenvalue weighted by atomic mass is 35.5. The van der Waals surface area contributed by atoms with E-state index in [1.165, 1.54) is 11.1 Å². The Kier molecular flexibility index (Phi) is 5.38. The first kappa shape index (κ1) is 16.0. The zero-order chi connectivity index (χ0) is 15.4. The Morgan fingerprint density at radius 2 is 2.10 bits per heavy atom. The molecule has 2 nitrogen and oxygen atoms in total. The zero-order valence-electron chi connectivity index (χ0n) is 13.2. The molecule has 1 aromatic heterocycles. The summed E-state index contributed by atoms with van der Waals surface area (Å²) in [7, 11) is 0. The number of aryl methyl sites for hydroxylation is 1. The highest BCUT2D eigenvalue weighted by molar-refractivity contribution is 6.31. The molecule has 2 rings (SSSR count). The number of rotatable bonds is 5. The van der Waals surface area contributed by atoms with Crippen LogP contribution in [0.4, 0.5) is 0 Å². The lowest BCUT2D eigenvalue weighted by atomic mass is 10.1. The van der Waals surface area contributed by atoms with Gasteiger partial charge in [-0.05, 0) is 44.0 Å². The molecule has 2 aromatic rings. The Hall–Kier alpha value is -1.38. The van der Waals surface area contributed by atoms with Gasteiger partial charge in [-0.3, -0.25) is 0 Å². The van der Waals surface area contributed by atoms with Crippen LogP contribution in [0.15, 0.2) is 29.8 Å². The molecule has 0 saturated heterocycles. The highest BCUT2D eigenvalue weighted by Gasteiger charge is 2.04. The Bertz CT molecular complexity index is 660. The first-order valence-corrected chi connectivity index (χ1v) is 7.78. The fraction of sp³-hybridized carbons (Fsp3) is 0.389. The van der Waals surface area contributed by atoms with Crippen molar-refractivity contribution in [2.24, 2.45) is 5.92 Å². The van der Waals surface area contributed by atoms with E-state index in [0.717, 1.165) is 29.6 Å². The van der Waals surface area contributed by atoms with Crippen molar-refractivity contribution < 1.29 is 0 Å². The molecule has 0 amide bonds. The summed E-state index contributed by atoms with van der Waals surface area (Å²) in [5, 5.41) is 5.13. The van der Waals surface area contributed by atoms with Gasteiger partial charge in [0, 0.05) is 17.5 Å². The zero-order valence-corrected chi connectivity index (χ0v) is 14.0. The van der Waals surface area contributed by atoms with E-state index < -0.39 is 0 Å². The average molecular weight is 303 g/mol. The van der Waals surface area contributed by atoms with Gasteiger partial charge in [-0.1, -0.05) is 49.2 Å². The van der Waals surface area contributed by atoms with Crippen molar-refractivity contribution in [3.63, 3.8) is 0 Å². The second kappa shape index (κ2) is 7.06. The van der Waals surface area contributed by atoms with E-state index in [4.69, 9.17) is 11.6 Å². The molecule has 0 aliphatic rings. The number of nitrogens with one attached hydrogen (secondary N) is 1. The summed E-state index contributed by atoms with van der Waals surface area (Å²) in [6.45, 7) is 10.5. The largest absolute Gasteiger partial charge is 0.313 e. The van der Waals surface area contributed by atoms with Crippen LogP contribution in [0.25, 0.3) is 17.0 Å². The number of benzene rings is 1. The van der Waals surface area contributed by atoms with Gasteiger partial charge in [0.05, 0.1) is 5.52 Å². The summed E-state index contributed by atoms with van der Waals surface area (Å²) >= 11 is 6.31. The molecule has 0 fully saturated rings. The predicted octanol–water partition coefficient (Wildman–Crippen LogP) is 4.85. The predicted molar refractivity (Wildman–Crippen MR) is 92.8 cm³/mol. The lowest BCUT2D eigenvalue weighted by Crippen LogP contribution is -2.21. The molecule has 3 heteroatoms. The van der Waals surface area contributed by atoms with Gasteiger partial charge in [0.2, 0.25) is 0 Å². The van der Waals surface area contributed by atoms with Crippen LogP contribution >= 0.6 is 11.6 Å². The van der Waals surface area contributed by atoms with Crippen LogP contribution in [0.1, 0.15) is 31.9 Å². The summed E-state index contributed by atoms with van der Waals surface area (Å²) in [5.41, 5.74) is 4.39. The summed E-state index contributed by atoms with van der Waals surface area (Å²) < 4.78 is 0. The average Bonchev–Trinajstić information content (AvgIpc) is 2.39. The number of hydrogen-bond donors (Lipinski definition) is 1. The van der Waals surface area contributed by atoms with Crippen molar-refractivity contribution in [3.8, 4) is 0 Å². The van der Waals surface area contributed by atoms with E-state index in [1.807, 2.05) is 0 Å². The minimum Gasteiger partial charge on any atom is -0.313 e. The third kappa shape index (κ3) is 4.55. The van der Waals surface area contributed by atoms with Crippen molar-refractivity contribution in [1.29, 1.82) is 0 Å². The summed E-state index contributed by atoms with van der Waals surface area (Å²) in [6.07, 6.45) is 2.11. The normalized spacial score (nSPS) is 12.4. The standard InChI is InChI=1S/C18H23ClN2/c1-12(2)10-20-11-14(4)7-16-9-15-6-5-13(3)8-17(15)21-18(16)19/h5-9,12,20H,10-11H2,1-4H3. The maximum atomic E-state index is 6.31. The van der Waals surface area contributed by atoms with Gasteiger partial charge in [0.25, 0.3) is 0 Å². The third-order valence-electron chi connectivity index (χ3n) is 3.31. The number of halogens is 1. The van der Waals surface area contributed by atoms with Gasteiger partial charge in [0.15, 0.2) is 0 Å². The number of hydrogen-bond acceptors (Lipinski definition) is 2. The van der Waals surface area contributed by atoms with Crippen LogP contribution in [-0.4, -0.2) is 18.1 Å². The van der Waals surface area contributed by atoms with Crippen molar-refractivity contribution in [3.05, 3.63) is 46.1 Å². The molecule has 0 aliphatic heterocycles. The van der Waals surface area contributed by atoms with Crippen LogP contribution in [0.3, 0.4) is 0 Å². The van der Waals surface area contributed by atoms with Crippen molar-refractivity contribution in [2.75, 3.05) is 13.1 Å². The van der Waals surface area contributed by atoms with Crippen LogP contribution in [0.2, 0.25) is 5.15 Å². The molecule has 0 unspecified atom stereocenters. The minimum absolute atomic E-state index is 0.566. The quantitative estimate of drug-likeness (QED) is 0.799. The number of pyridine rings is 1. The molecule has 1 N–H and O–H groups in total. The second-order valence-corrected chi connectivity index (χ2v) is 6.44. The van der Waals surface area contributed by atoms with Gasteiger partial charge in [-0.15, -0.1) is 0 Å². The van der Waals surface area contributed by atoms with E-state index in [0.29, 0.717) is 11.1 Å². The number of nitrogens with zero attached hydrogens (tertiary/aromatic N) is 1. The van der Waals surface area contributed by atoms with Gasteiger partial charge in [-0.2, -0.15) is 0 Å². The molecule has 112 valence electrons. The van der Waals surface area contributed by atoms with Gasteiger partial charge >= 0.3 is 0 Å². The Balaban J connectivity index is 2.21. The SMILES string of the molecule is CC(=Cc1cc2ccc(C)cc2nc1Cl)CNCC(C)C. The molecule has 0 spiro atoms. The van der Waals surface area contributed by atoms with Crippen LogP contribution < -0.4 is 5.32 Å². The Morgan fingerprint density at radius 1 is 1.33 bits per heavy atom. The monoisotopic (exact) mass is 302 g/mol. The third-order valence-corrected chi connectivity index (χ3v) is 3.61. The maximum absolute atomic E-state index is 6.31. The van der Waals surface area contributed by atoms with E-state index in [2.05, 4.69) is 68.3 Å². The van der Waals surface area contributed by atoms with Gasteiger partial charge < -0.3 is 5.32 Å². The van der Waals surface area contributed by atoms with Gasteiger partial charge in [0.1, 0.15) is 5.15 Å². The molecule has 0 saturated carbocycles. The van der Waals surface area contributed by atoms with E-state index in [9.17, 15) is 0 Å². The number of fused-ring (bicyclic) bond motifs is 1. The summed E-state index contributed by atoms with van der Waals surface area (Å²) in [5.74, 6) is 0.659. The van der Waals surface area contributed by atoms with Crippen molar-refractivity contribution in [2.45, 2.75) is 27.7 Å². The van der Waals surface area contributed by atoms with Crippen LogP contribution in [0.5, 0.6) is 0 Å². The van der Waals surface area contributed by atoms with Crippen molar-refractivity contribution in [1.82, 2.24) is 10.3 Å².